The Morgan fingerprint density at radius 3 is 2.70 bits per heavy atom. The number of aromatic hydroxyl groups is 1. The van der Waals surface area contributed by atoms with Gasteiger partial charge >= 0.3 is 0 Å². The van der Waals surface area contributed by atoms with Gasteiger partial charge in [0.15, 0.2) is 0 Å². The van der Waals surface area contributed by atoms with Gasteiger partial charge in [0.25, 0.3) is 11.5 Å². The highest BCUT2D eigenvalue weighted by Gasteiger charge is 2.44. The van der Waals surface area contributed by atoms with Gasteiger partial charge in [0.1, 0.15) is 11.3 Å². The average molecular weight is 456 g/mol. The number of amides is 1. The number of rotatable bonds is 6. The van der Waals surface area contributed by atoms with Crippen molar-refractivity contribution in [1.29, 1.82) is 0 Å². The third-order valence-electron chi connectivity index (χ3n) is 7.42. The number of carbonyl (C=O) groups is 1. The van der Waals surface area contributed by atoms with Crippen molar-refractivity contribution >= 4 is 16.8 Å². The summed E-state index contributed by atoms with van der Waals surface area (Å²) in [6.07, 6.45) is 5.72. The van der Waals surface area contributed by atoms with Crippen molar-refractivity contribution in [1.82, 2.24) is 14.8 Å². The molecule has 3 unspecified atom stereocenters. The van der Waals surface area contributed by atoms with Gasteiger partial charge in [0.05, 0.1) is 17.3 Å². The molecule has 4 rings (SSSR count). The zero-order chi connectivity index (χ0) is 23.0. The number of pyridine rings is 1. The molecule has 2 heterocycles. The largest absolute Gasteiger partial charge is 0.506 e. The van der Waals surface area contributed by atoms with E-state index >= 15 is 0 Å². The molecule has 1 aliphatic carbocycles. The van der Waals surface area contributed by atoms with Crippen molar-refractivity contribution in [2.75, 3.05) is 13.7 Å². The Labute approximate surface area is 196 Å². The lowest BCUT2D eigenvalue weighted by Crippen LogP contribution is -2.60. The van der Waals surface area contributed by atoms with Crippen LogP contribution < -0.4 is 10.9 Å². The van der Waals surface area contributed by atoms with Crippen LogP contribution in [0.1, 0.15) is 75.7 Å². The van der Waals surface area contributed by atoms with E-state index in [2.05, 4.69) is 10.2 Å². The molecule has 2 fully saturated rings. The van der Waals surface area contributed by atoms with E-state index in [0.717, 1.165) is 45.1 Å². The van der Waals surface area contributed by atoms with Crippen molar-refractivity contribution in [2.24, 2.45) is 0 Å². The number of carbonyl (C=O) groups excluding carboxylic acids is 1. The smallest absolute Gasteiger partial charge is 0.267 e. The Hall–Kier alpha value is -2.38. The van der Waals surface area contributed by atoms with Crippen molar-refractivity contribution < 1.29 is 14.6 Å². The van der Waals surface area contributed by atoms with Crippen LogP contribution in [0.4, 0.5) is 0 Å². The van der Waals surface area contributed by atoms with Crippen LogP contribution in [0.3, 0.4) is 0 Å². The van der Waals surface area contributed by atoms with E-state index in [1.165, 1.54) is 0 Å². The summed E-state index contributed by atoms with van der Waals surface area (Å²) in [5.74, 6) is -0.761. The molecule has 0 spiro atoms. The minimum absolute atomic E-state index is 0. The Balaban J connectivity index is 0.00000306. The van der Waals surface area contributed by atoms with Crippen molar-refractivity contribution in [3.05, 3.63) is 47.6 Å². The summed E-state index contributed by atoms with van der Waals surface area (Å²) >= 11 is 0. The number of benzene rings is 1. The SMILES string of the molecule is CCC(NC(=O)c1c(O)c2ccccc2n(C(C)C)c1=O)N1CCC2(OC)CCCC1C2.[CH2]. The minimum atomic E-state index is -0.515. The highest BCUT2D eigenvalue weighted by molar-refractivity contribution is 6.02. The first kappa shape index (κ1) is 25.2. The number of methoxy groups -OCH3 is 1. The number of piperidine rings is 1. The van der Waals surface area contributed by atoms with Crippen LogP contribution in [-0.4, -0.2) is 51.9 Å². The monoisotopic (exact) mass is 455 g/mol. The number of hydrogen-bond acceptors (Lipinski definition) is 5. The molecule has 1 aliphatic heterocycles. The molecule has 1 saturated carbocycles. The highest BCUT2D eigenvalue weighted by atomic mass is 16.5. The second-order valence-electron chi connectivity index (χ2n) is 9.53. The molecule has 1 aromatic carbocycles. The molecule has 2 aromatic rings. The van der Waals surface area contributed by atoms with Gasteiger partial charge in [-0.1, -0.05) is 26.5 Å². The number of hydrogen-bond donors (Lipinski definition) is 2. The number of nitrogens with one attached hydrogen (secondary N) is 1. The zero-order valence-electron chi connectivity index (χ0n) is 20.3. The molecule has 2 aliphatic rings. The summed E-state index contributed by atoms with van der Waals surface area (Å²) in [5.41, 5.74) is -0.0488. The number of likely N-dealkylation sites (tertiary alicyclic amines) is 1. The summed E-state index contributed by atoms with van der Waals surface area (Å²) in [7, 11) is 1.80. The van der Waals surface area contributed by atoms with Crippen LogP contribution in [0.5, 0.6) is 5.75 Å². The Morgan fingerprint density at radius 2 is 2.03 bits per heavy atom. The van der Waals surface area contributed by atoms with E-state index in [4.69, 9.17) is 4.74 Å². The standard InChI is InChI=1S/C25H35N3O4.CH2/c1-5-20(27-14-13-25(32-4)12-8-9-17(27)15-25)26-23(30)21-22(29)18-10-6-7-11-19(18)28(16(2)3)24(21)31;/h6-7,10-11,16-17,20,29H,5,8-9,12-15H2,1-4H3,(H,26,30);1H2. The van der Waals surface area contributed by atoms with E-state index in [1.807, 2.05) is 26.8 Å². The summed E-state index contributed by atoms with van der Waals surface area (Å²) in [4.78, 5) is 29.0. The van der Waals surface area contributed by atoms with Gasteiger partial charge in [-0.05, 0) is 64.5 Å². The molecule has 1 amide bonds. The number of fused-ring (bicyclic) bond motifs is 3. The van der Waals surface area contributed by atoms with Gasteiger partial charge in [-0.15, -0.1) is 0 Å². The zero-order valence-corrected chi connectivity index (χ0v) is 20.3. The lowest BCUT2D eigenvalue weighted by atomic mass is 9.75. The lowest BCUT2D eigenvalue weighted by Gasteiger charge is -2.51. The number of ether oxygens (including phenoxy) is 1. The topological polar surface area (TPSA) is 83.8 Å². The first-order valence-electron chi connectivity index (χ1n) is 11.8. The quantitative estimate of drug-likeness (QED) is 0.685. The fraction of sp³-hybridized carbons (Fsp3) is 0.577. The highest BCUT2D eigenvalue weighted by Crippen LogP contribution is 2.41. The molecule has 7 heteroatoms. The van der Waals surface area contributed by atoms with E-state index in [9.17, 15) is 14.7 Å². The van der Waals surface area contributed by atoms with Crippen molar-refractivity contribution in [2.45, 2.75) is 83.1 Å². The normalized spacial score (nSPS) is 23.8. The van der Waals surface area contributed by atoms with Crippen LogP contribution in [0, 0.1) is 7.43 Å². The van der Waals surface area contributed by atoms with Gasteiger partial charge in [0, 0.05) is 31.1 Å². The van der Waals surface area contributed by atoms with Gasteiger partial charge in [-0.2, -0.15) is 0 Å². The van der Waals surface area contributed by atoms with Crippen molar-refractivity contribution in [3.8, 4) is 5.75 Å². The number of aromatic nitrogens is 1. The summed E-state index contributed by atoms with van der Waals surface area (Å²) in [5, 5.41) is 14.5. The second-order valence-corrected chi connectivity index (χ2v) is 9.53. The summed E-state index contributed by atoms with van der Waals surface area (Å²) in [6.45, 7) is 6.69. The van der Waals surface area contributed by atoms with Gasteiger partial charge in [0.2, 0.25) is 0 Å². The molecular weight excluding hydrogens is 418 g/mol. The minimum Gasteiger partial charge on any atom is -0.506 e. The maximum atomic E-state index is 13.4. The molecule has 2 radical (unpaired) electrons. The van der Waals surface area contributed by atoms with Gasteiger partial charge in [-0.3, -0.25) is 14.5 Å². The van der Waals surface area contributed by atoms with E-state index < -0.39 is 11.5 Å². The molecular formula is C26H37N3O4. The van der Waals surface area contributed by atoms with Gasteiger partial charge in [-0.25, -0.2) is 0 Å². The van der Waals surface area contributed by atoms with E-state index in [1.54, 1.807) is 29.9 Å². The Kier molecular flexibility index (Phi) is 7.54. The number of para-hydroxylation sites is 1. The molecule has 7 nitrogen and oxygen atoms in total. The molecule has 1 aromatic heterocycles. The fourth-order valence-electron chi connectivity index (χ4n) is 5.73. The first-order valence-corrected chi connectivity index (χ1v) is 11.8. The van der Waals surface area contributed by atoms with Crippen LogP contribution in [-0.2, 0) is 4.74 Å². The maximum absolute atomic E-state index is 13.4. The maximum Gasteiger partial charge on any atom is 0.267 e. The Bertz CT molecular complexity index is 1060. The second kappa shape index (κ2) is 9.85. The summed E-state index contributed by atoms with van der Waals surface area (Å²) in [6, 6.07) is 7.37. The fourth-order valence-corrected chi connectivity index (χ4v) is 5.73. The van der Waals surface area contributed by atoms with Crippen LogP contribution in [0.25, 0.3) is 10.9 Å². The third-order valence-corrected chi connectivity index (χ3v) is 7.42. The van der Waals surface area contributed by atoms with Crippen molar-refractivity contribution in [3.63, 3.8) is 0 Å². The lowest BCUT2D eigenvalue weighted by molar-refractivity contribution is -0.113. The predicted molar refractivity (Wildman–Crippen MR) is 130 cm³/mol. The first-order chi connectivity index (χ1) is 15.3. The van der Waals surface area contributed by atoms with Crippen LogP contribution in [0.15, 0.2) is 29.1 Å². The van der Waals surface area contributed by atoms with Crippen LogP contribution >= 0.6 is 0 Å². The van der Waals surface area contributed by atoms with E-state index in [0.29, 0.717) is 16.9 Å². The predicted octanol–water partition coefficient (Wildman–Crippen LogP) is 4.11. The molecule has 1 saturated heterocycles. The van der Waals surface area contributed by atoms with Gasteiger partial charge < -0.3 is 19.7 Å². The number of nitrogens with zero attached hydrogens (tertiary/aromatic N) is 2. The molecule has 2 N–H and O–H groups in total. The molecule has 3 atom stereocenters. The van der Waals surface area contributed by atoms with E-state index in [-0.39, 0.29) is 36.5 Å². The third kappa shape index (κ3) is 4.41. The molecule has 180 valence electrons. The van der Waals surface area contributed by atoms with Crippen LogP contribution in [0.2, 0.25) is 0 Å². The Morgan fingerprint density at radius 1 is 1.30 bits per heavy atom. The molecule has 2 bridgehead atoms. The summed E-state index contributed by atoms with van der Waals surface area (Å²) < 4.78 is 7.46. The average Bonchev–Trinajstić information content (AvgIpc) is 2.78. The molecule has 33 heavy (non-hydrogen) atoms.